The number of sulfonamides is 1. The molecule has 2 aromatic rings. The highest BCUT2D eigenvalue weighted by Crippen LogP contribution is 2.27. The van der Waals surface area contributed by atoms with Gasteiger partial charge in [0.05, 0.1) is 11.9 Å². The standard InChI is InChI=1S/C21H24FN3O4S/c1-3-18(25(30(2,28)29)19-8-5-4-7-17(19)22)21(27)23-15-10-12-16(13-11-15)24-14-6-9-20(24)26/h4-5,7-8,10-13,18H,3,6,9,14H2,1-2H3,(H,23,27)/t18-/m1/s1. The minimum atomic E-state index is -3.92. The Labute approximate surface area is 175 Å². The zero-order chi connectivity index (χ0) is 21.9. The van der Waals surface area contributed by atoms with Crippen LogP contribution in [0.1, 0.15) is 26.2 Å². The molecule has 1 aliphatic heterocycles. The molecule has 0 radical (unpaired) electrons. The van der Waals surface area contributed by atoms with E-state index in [1.807, 2.05) is 0 Å². The average Bonchev–Trinajstić information content (AvgIpc) is 3.12. The van der Waals surface area contributed by atoms with Crippen LogP contribution in [-0.2, 0) is 19.6 Å². The molecular formula is C21H24FN3O4S. The normalized spacial score (nSPS) is 15.2. The number of hydrogen-bond acceptors (Lipinski definition) is 4. The minimum absolute atomic E-state index is 0.0616. The Balaban J connectivity index is 1.82. The number of carbonyl (C=O) groups excluding carboxylic acids is 2. The smallest absolute Gasteiger partial charge is 0.248 e. The Kier molecular flexibility index (Phi) is 6.40. The van der Waals surface area contributed by atoms with Crippen molar-refractivity contribution >= 4 is 38.9 Å². The summed E-state index contributed by atoms with van der Waals surface area (Å²) in [5, 5.41) is 2.69. The number of benzene rings is 2. The van der Waals surface area contributed by atoms with Gasteiger partial charge in [0.15, 0.2) is 0 Å². The molecule has 2 amide bonds. The molecular weight excluding hydrogens is 409 g/mol. The van der Waals surface area contributed by atoms with Crippen LogP contribution in [0.5, 0.6) is 0 Å². The summed E-state index contributed by atoms with van der Waals surface area (Å²) >= 11 is 0. The van der Waals surface area contributed by atoms with E-state index in [9.17, 15) is 22.4 Å². The molecule has 7 nitrogen and oxygen atoms in total. The summed E-state index contributed by atoms with van der Waals surface area (Å²) in [6.45, 7) is 2.32. The van der Waals surface area contributed by atoms with E-state index >= 15 is 0 Å². The molecule has 2 aromatic carbocycles. The van der Waals surface area contributed by atoms with Gasteiger partial charge >= 0.3 is 0 Å². The number of amides is 2. The van der Waals surface area contributed by atoms with Gasteiger partial charge in [-0.05, 0) is 49.2 Å². The number of hydrogen-bond donors (Lipinski definition) is 1. The summed E-state index contributed by atoms with van der Waals surface area (Å²) in [6, 6.07) is 11.1. The van der Waals surface area contributed by atoms with Crippen LogP contribution in [0.4, 0.5) is 21.5 Å². The summed E-state index contributed by atoms with van der Waals surface area (Å²) in [4.78, 5) is 26.4. The highest BCUT2D eigenvalue weighted by atomic mass is 32.2. The molecule has 0 bridgehead atoms. The van der Waals surface area contributed by atoms with Crippen molar-refractivity contribution in [1.82, 2.24) is 0 Å². The Morgan fingerprint density at radius 1 is 1.20 bits per heavy atom. The molecule has 0 aromatic heterocycles. The van der Waals surface area contributed by atoms with Gasteiger partial charge in [-0.25, -0.2) is 12.8 Å². The van der Waals surface area contributed by atoms with Gasteiger partial charge in [0.1, 0.15) is 11.9 Å². The maximum absolute atomic E-state index is 14.3. The van der Waals surface area contributed by atoms with Crippen LogP contribution in [-0.4, -0.2) is 39.1 Å². The second-order valence-corrected chi connectivity index (χ2v) is 8.98. The number of rotatable bonds is 7. The molecule has 1 atom stereocenters. The molecule has 0 aliphatic carbocycles. The summed E-state index contributed by atoms with van der Waals surface area (Å²) < 4.78 is 39.9. The molecule has 160 valence electrons. The lowest BCUT2D eigenvalue weighted by atomic mass is 10.1. The molecule has 0 spiro atoms. The van der Waals surface area contributed by atoms with Crippen LogP contribution in [0.3, 0.4) is 0 Å². The molecule has 0 saturated carbocycles. The number of nitrogens with one attached hydrogen (secondary N) is 1. The van der Waals surface area contributed by atoms with Gasteiger partial charge in [-0.15, -0.1) is 0 Å². The molecule has 1 fully saturated rings. The molecule has 1 heterocycles. The lowest BCUT2D eigenvalue weighted by Gasteiger charge is -2.30. The zero-order valence-electron chi connectivity index (χ0n) is 16.8. The van der Waals surface area contributed by atoms with Crippen molar-refractivity contribution in [3.63, 3.8) is 0 Å². The van der Waals surface area contributed by atoms with E-state index in [0.29, 0.717) is 18.7 Å². The lowest BCUT2D eigenvalue weighted by Crippen LogP contribution is -2.47. The Morgan fingerprint density at radius 3 is 2.40 bits per heavy atom. The van der Waals surface area contributed by atoms with Gasteiger partial charge in [0, 0.05) is 24.3 Å². The third kappa shape index (κ3) is 4.62. The monoisotopic (exact) mass is 433 g/mol. The van der Waals surface area contributed by atoms with E-state index in [1.54, 1.807) is 36.1 Å². The second kappa shape index (κ2) is 8.83. The van der Waals surface area contributed by atoms with Gasteiger partial charge in [-0.2, -0.15) is 0 Å². The van der Waals surface area contributed by atoms with Crippen molar-refractivity contribution in [1.29, 1.82) is 0 Å². The van der Waals surface area contributed by atoms with Crippen LogP contribution in [0.15, 0.2) is 48.5 Å². The summed E-state index contributed by atoms with van der Waals surface area (Å²) in [6.07, 6.45) is 2.42. The highest BCUT2D eigenvalue weighted by Gasteiger charge is 2.33. The zero-order valence-corrected chi connectivity index (χ0v) is 17.7. The first kappa shape index (κ1) is 21.8. The molecule has 1 aliphatic rings. The summed E-state index contributed by atoms with van der Waals surface area (Å²) in [5.74, 6) is -1.24. The second-order valence-electron chi connectivity index (χ2n) is 7.12. The number of nitrogens with zero attached hydrogens (tertiary/aromatic N) is 2. The fourth-order valence-electron chi connectivity index (χ4n) is 3.54. The number of halogens is 1. The van der Waals surface area contributed by atoms with Gasteiger partial charge in [-0.1, -0.05) is 19.1 Å². The van der Waals surface area contributed by atoms with Gasteiger partial charge < -0.3 is 10.2 Å². The number of anilines is 3. The van der Waals surface area contributed by atoms with E-state index in [1.165, 1.54) is 18.2 Å². The van der Waals surface area contributed by atoms with Crippen LogP contribution in [0.2, 0.25) is 0 Å². The van der Waals surface area contributed by atoms with Crippen molar-refractivity contribution < 1.29 is 22.4 Å². The molecule has 9 heteroatoms. The largest absolute Gasteiger partial charge is 0.324 e. The van der Waals surface area contributed by atoms with Crippen molar-refractivity contribution in [2.75, 3.05) is 27.3 Å². The van der Waals surface area contributed by atoms with E-state index in [2.05, 4.69) is 5.32 Å². The van der Waals surface area contributed by atoms with Crippen molar-refractivity contribution in [2.24, 2.45) is 0 Å². The fourth-order valence-corrected chi connectivity index (χ4v) is 4.75. The van der Waals surface area contributed by atoms with Crippen molar-refractivity contribution in [3.8, 4) is 0 Å². The third-order valence-corrected chi connectivity index (χ3v) is 6.11. The first-order chi connectivity index (χ1) is 14.2. The topological polar surface area (TPSA) is 86.8 Å². The van der Waals surface area contributed by atoms with Crippen LogP contribution in [0.25, 0.3) is 0 Å². The predicted octanol–water partition coefficient (Wildman–Crippen LogP) is 3.14. The first-order valence-electron chi connectivity index (χ1n) is 9.67. The first-order valence-corrected chi connectivity index (χ1v) is 11.5. The molecule has 3 rings (SSSR count). The maximum Gasteiger partial charge on any atom is 0.248 e. The van der Waals surface area contributed by atoms with Crippen LogP contribution >= 0.6 is 0 Å². The highest BCUT2D eigenvalue weighted by molar-refractivity contribution is 7.92. The number of para-hydroxylation sites is 1. The number of carbonyl (C=O) groups is 2. The third-order valence-electron chi connectivity index (χ3n) is 4.94. The van der Waals surface area contributed by atoms with E-state index in [-0.39, 0.29) is 18.0 Å². The summed E-state index contributed by atoms with van der Waals surface area (Å²) in [5.41, 5.74) is 1.02. The Hall–Kier alpha value is -2.94. The van der Waals surface area contributed by atoms with Crippen LogP contribution < -0.4 is 14.5 Å². The SMILES string of the molecule is CC[C@H](C(=O)Nc1ccc(N2CCCC2=O)cc1)N(c1ccccc1F)S(C)(=O)=O. The van der Waals surface area contributed by atoms with E-state index in [4.69, 9.17) is 0 Å². The molecule has 1 saturated heterocycles. The Bertz CT molecular complexity index is 1040. The van der Waals surface area contributed by atoms with Crippen molar-refractivity contribution in [2.45, 2.75) is 32.2 Å². The maximum atomic E-state index is 14.3. The van der Waals surface area contributed by atoms with Gasteiger partial charge in [0.25, 0.3) is 0 Å². The Morgan fingerprint density at radius 2 is 1.87 bits per heavy atom. The van der Waals surface area contributed by atoms with E-state index in [0.717, 1.165) is 28.7 Å². The van der Waals surface area contributed by atoms with Crippen molar-refractivity contribution in [3.05, 3.63) is 54.3 Å². The molecule has 1 N–H and O–H groups in total. The quantitative estimate of drug-likeness (QED) is 0.727. The fraction of sp³-hybridized carbons (Fsp3) is 0.333. The van der Waals surface area contributed by atoms with Gasteiger partial charge in [0.2, 0.25) is 21.8 Å². The predicted molar refractivity (Wildman–Crippen MR) is 114 cm³/mol. The van der Waals surface area contributed by atoms with E-state index < -0.39 is 27.8 Å². The minimum Gasteiger partial charge on any atom is -0.324 e. The molecule has 0 unspecified atom stereocenters. The summed E-state index contributed by atoms with van der Waals surface area (Å²) in [7, 11) is -3.92. The average molecular weight is 434 g/mol. The van der Waals surface area contributed by atoms with Gasteiger partial charge in [-0.3, -0.25) is 13.9 Å². The lowest BCUT2D eigenvalue weighted by molar-refractivity contribution is -0.118. The van der Waals surface area contributed by atoms with Crippen LogP contribution in [0, 0.1) is 5.82 Å². The molecule has 30 heavy (non-hydrogen) atoms.